The van der Waals surface area contributed by atoms with Crippen LogP contribution in [0.1, 0.15) is 25.5 Å². The second kappa shape index (κ2) is 6.91. The van der Waals surface area contributed by atoms with Gasteiger partial charge in [0.05, 0.1) is 12.6 Å². The van der Waals surface area contributed by atoms with Gasteiger partial charge in [0.25, 0.3) is 0 Å². The molecule has 4 nitrogen and oxygen atoms in total. The second-order valence-electron chi connectivity index (χ2n) is 3.72. The number of carbonyl (C=O) groups is 1. The van der Waals surface area contributed by atoms with E-state index in [4.69, 9.17) is 9.47 Å². The molecule has 1 atom stereocenters. The molecule has 1 rings (SSSR count). The standard InChI is InChI=1S/C13H19NO3/c1-4-17-12-7-5-11(6-8-12)10(2)14-13(15)9-16-3/h5-8,10H,4,9H2,1-3H3,(H,14,15). The topological polar surface area (TPSA) is 47.6 Å². The summed E-state index contributed by atoms with van der Waals surface area (Å²) in [5, 5.41) is 2.84. The van der Waals surface area contributed by atoms with E-state index in [1.54, 1.807) is 0 Å². The average molecular weight is 237 g/mol. The fourth-order valence-corrected chi connectivity index (χ4v) is 1.52. The summed E-state index contributed by atoms with van der Waals surface area (Å²) in [6.45, 7) is 4.62. The SMILES string of the molecule is CCOc1ccc(C(C)NC(=O)COC)cc1. The first kappa shape index (κ1) is 13.5. The predicted molar refractivity (Wildman–Crippen MR) is 66.0 cm³/mol. The number of rotatable bonds is 6. The molecule has 17 heavy (non-hydrogen) atoms. The molecule has 0 fully saturated rings. The molecule has 94 valence electrons. The Kier molecular flexibility index (Phi) is 5.49. The van der Waals surface area contributed by atoms with Crippen LogP contribution in [0.4, 0.5) is 0 Å². The fraction of sp³-hybridized carbons (Fsp3) is 0.462. The molecule has 1 aromatic carbocycles. The summed E-state index contributed by atoms with van der Waals surface area (Å²) >= 11 is 0. The molecule has 4 heteroatoms. The Morgan fingerprint density at radius 3 is 2.53 bits per heavy atom. The monoisotopic (exact) mass is 237 g/mol. The predicted octanol–water partition coefficient (Wildman–Crippen LogP) is 1.91. The van der Waals surface area contributed by atoms with E-state index in [0.717, 1.165) is 11.3 Å². The third-order valence-electron chi connectivity index (χ3n) is 2.34. The van der Waals surface area contributed by atoms with Gasteiger partial charge in [0.15, 0.2) is 0 Å². The Morgan fingerprint density at radius 1 is 1.35 bits per heavy atom. The van der Waals surface area contributed by atoms with Crippen LogP contribution < -0.4 is 10.1 Å². The van der Waals surface area contributed by atoms with Gasteiger partial charge in [0.1, 0.15) is 12.4 Å². The number of benzene rings is 1. The van der Waals surface area contributed by atoms with Gasteiger partial charge < -0.3 is 14.8 Å². The molecule has 0 aliphatic heterocycles. The third kappa shape index (κ3) is 4.44. The number of nitrogens with one attached hydrogen (secondary N) is 1. The summed E-state index contributed by atoms with van der Waals surface area (Å²) in [6.07, 6.45) is 0. The van der Waals surface area contributed by atoms with Crippen LogP contribution in [0.5, 0.6) is 5.75 Å². The van der Waals surface area contributed by atoms with Gasteiger partial charge in [-0.05, 0) is 31.5 Å². The lowest BCUT2D eigenvalue weighted by Crippen LogP contribution is -2.29. The van der Waals surface area contributed by atoms with Crippen LogP contribution in [-0.4, -0.2) is 26.2 Å². The normalized spacial score (nSPS) is 11.9. The van der Waals surface area contributed by atoms with Crippen LogP contribution in [0, 0.1) is 0 Å². The maximum Gasteiger partial charge on any atom is 0.246 e. The first-order chi connectivity index (χ1) is 8.17. The van der Waals surface area contributed by atoms with E-state index in [1.165, 1.54) is 7.11 Å². The van der Waals surface area contributed by atoms with Crippen LogP contribution in [0.2, 0.25) is 0 Å². The molecule has 0 heterocycles. The molecule has 0 saturated heterocycles. The summed E-state index contributed by atoms with van der Waals surface area (Å²) in [4.78, 5) is 11.3. The zero-order valence-corrected chi connectivity index (χ0v) is 10.5. The molecule has 0 aliphatic rings. The zero-order valence-electron chi connectivity index (χ0n) is 10.5. The number of hydrogen-bond acceptors (Lipinski definition) is 3. The second-order valence-corrected chi connectivity index (χ2v) is 3.72. The Labute approximate surface area is 102 Å². The van der Waals surface area contributed by atoms with Crippen molar-refractivity contribution < 1.29 is 14.3 Å². The van der Waals surface area contributed by atoms with Crippen molar-refractivity contribution in [1.82, 2.24) is 5.32 Å². The molecule has 1 aromatic rings. The molecule has 0 radical (unpaired) electrons. The molecule has 0 aromatic heterocycles. The summed E-state index contributed by atoms with van der Waals surface area (Å²) < 4.78 is 10.1. The van der Waals surface area contributed by atoms with Crippen molar-refractivity contribution >= 4 is 5.91 Å². The highest BCUT2D eigenvalue weighted by atomic mass is 16.5. The largest absolute Gasteiger partial charge is 0.494 e. The summed E-state index contributed by atoms with van der Waals surface area (Å²) in [5.74, 6) is 0.723. The van der Waals surface area contributed by atoms with Crippen LogP contribution in [0.15, 0.2) is 24.3 Å². The lowest BCUT2D eigenvalue weighted by atomic mass is 10.1. The molecule has 0 bridgehead atoms. The van der Waals surface area contributed by atoms with Crippen molar-refractivity contribution in [3.8, 4) is 5.75 Å². The molecule has 0 aliphatic carbocycles. The first-order valence-electron chi connectivity index (χ1n) is 5.68. The Balaban J connectivity index is 2.56. The van der Waals surface area contributed by atoms with E-state index in [9.17, 15) is 4.79 Å². The molecular formula is C13H19NO3. The molecule has 1 N–H and O–H groups in total. The highest BCUT2D eigenvalue weighted by molar-refractivity contribution is 5.77. The fourth-order valence-electron chi connectivity index (χ4n) is 1.52. The zero-order chi connectivity index (χ0) is 12.7. The van der Waals surface area contributed by atoms with E-state index >= 15 is 0 Å². The first-order valence-corrected chi connectivity index (χ1v) is 5.68. The van der Waals surface area contributed by atoms with Crippen molar-refractivity contribution in [2.75, 3.05) is 20.3 Å². The molecule has 0 spiro atoms. The van der Waals surface area contributed by atoms with Gasteiger partial charge in [-0.1, -0.05) is 12.1 Å². The van der Waals surface area contributed by atoms with E-state index in [0.29, 0.717) is 6.61 Å². The van der Waals surface area contributed by atoms with Crippen molar-refractivity contribution in [2.24, 2.45) is 0 Å². The van der Waals surface area contributed by atoms with Gasteiger partial charge >= 0.3 is 0 Å². The minimum atomic E-state index is -0.117. The maximum absolute atomic E-state index is 11.3. The molecular weight excluding hydrogens is 218 g/mol. The van der Waals surface area contributed by atoms with Crippen molar-refractivity contribution in [2.45, 2.75) is 19.9 Å². The van der Waals surface area contributed by atoms with Gasteiger partial charge in [-0.15, -0.1) is 0 Å². The van der Waals surface area contributed by atoms with Crippen LogP contribution in [0.3, 0.4) is 0 Å². The van der Waals surface area contributed by atoms with Crippen molar-refractivity contribution in [3.63, 3.8) is 0 Å². The third-order valence-corrected chi connectivity index (χ3v) is 2.34. The van der Waals surface area contributed by atoms with Crippen LogP contribution in [0.25, 0.3) is 0 Å². The number of carbonyl (C=O) groups excluding carboxylic acids is 1. The molecule has 0 saturated carbocycles. The number of methoxy groups -OCH3 is 1. The van der Waals surface area contributed by atoms with E-state index in [-0.39, 0.29) is 18.6 Å². The van der Waals surface area contributed by atoms with Gasteiger partial charge in [0.2, 0.25) is 5.91 Å². The molecule has 1 amide bonds. The number of ether oxygens (including phenoxy) is 2. The van der Waals surface area contributed by atoms with E-state index < -0.39 is 0 Å². The summed E-state index contributed by atoms with van der Waals surface area (Å²) in [5.41, 5.74) is 1.04. The lowest BCUT2D eigenvalue weighted by molar-refractivity contribution is -0.125. The Hall–Kier alpha value is -1.55. The average Bonchev–Trinajstić information content (AvgIpc) is 2.30. The van der Waals surface area contributed by atoms with E-state index in [1.807, 2.05) is 38.1 Å². The minimum absolute atomic E-state index is 0.0340. The van der Waals surface area contributed by atoms with Crippen molar-refractivity contribution in [1.29, 1.82) is 0 Å². The molecule has 1 unspecified atom stereocenters. The lowest BCUT2D eigenvalue weighted by Gasteiger charge is -2.14. The minimum Gasteiger partial charge on any atom is -0.494 e. The van der Waals surface area contributed by atoms with Gasteiger partial charge in [-0.3, -0.25) is 4.79 Å². The van der Waals surface area contributed by atoms with E-state index in [2.05, 4.69) is 5.32 Å². The number of amides is 1. The Bertz CT molecular complexity index is 348. The van der Waals surface area contributed by atoms with Crippen LogP contribution >= 0.6 is 0 Å². The maximum atomic E-state index is 11.3. The smallest absolute Gasteiger partial charge is 0.246 e. The highest BCUT2D eigenvalue weighted by Gasteiger charge is 2.08. The Morgan fingerprint density at radius 2 is 2.00 bits per heavy atom. The van der Waals surface area contributed by atoms with Crippen LogP contribution in [-0.2, 0) is 9.53 Å². The summed E-state index contributed by atoms with van der Waals surface area (Å²) in [6, 6.07) is 7.66. The van der Waals surface area contributed by atoms with Gasteiger partial charge in [-0.2, -0.15) is 0 Å². The van der Waals surface area contributed by atoms with Gasteiger partial charge in [0, 0.05) is 7.11 Å². The van der Waals surface area contributed by atoms with Crippen molar-refractivity contribution in [3.05, 3.63) is 29.8 Å². The highest BCUT2D eigenvalue weighted by Crippen LogP contribution is 2.17. The van der Waals surface area contributed by atoms with Gasteiger partial charge in [-0.25, -0.2) is 0 Å². The number of hydrogen-bond donors (Lipinski definition) is 1. The quantitative estimate of drug-likeness (QED) is 0.822. The summed E-state index contributed by atoms with van der Waals surface area (Å²) in [7, 11) is 1.50.